The van der Waals surface area contributed by atoms with Crippen LogP contribution in [0.1, 0.15) is 51.0 Å². The molecule has 1 aliphatic carbocycles. The number of hydrogen-bond acceptors (Lipinski definition) is 4. The number of hydrogen-bond donors (Lipinski definition) is 2. The summed E-state index contributed by atoms with van der Waals surface area (Å²) in [4.78, 5) is 0.344. The zero-order chi connectivity index (χ0) is 21.0. The number of para-hydroxylation sites is 1. The lowest BCUT2D eigenvalue weighted by Gasteiger charge is -2.25. The van der Waals surface area contributed by atoms with Gasteiger partial charge in [0.1, 0.15) is 4.90 Å². The van der Waals surface area contributed by atoms with E-state index in [2.05, 4.69) is 17.0 Å². The minimum absolute atomic E-state index is 0.344. The Morgan fingerprint density at radius 3 is 2.60 bits per heavy atom. The van der Waals surface area contributed by atoms with E-state index in [-0.39, 0.29) is 0 Å². The molecule has 30 heavy (non-hydrogen) atoms. The van der Waals surface area contributed by atoms with Gasteiger partial charge in [0.15, 0.2) is 0 Å². The van der Waals surface area contributed by atoms with E-state index in [1.165, 1.54) is 49.9 Å². The first kappa shape index (κ1) is 21.3. The van der Waals surface area contributed by atoms with Crippen LogP contribution in [-0.2, 0) is 16.6 Å². The molecule has 0 amide bonds. The zero-order valence-corrected chi connectivity index (χ0v) is 19.1. The SMILES string of the molecule is C[C@@H](CC1CCCCC1)NCc1ccccc1NS(=O)(=O)c1csc2ccccc12. The van der Waals surface area contributed by atoms with Gasteiger partial charge in [-0.25, -0.2) is 8.42 Å². The van der Waals surface area contributed by atoms with Crippen molar-refractivity contribution in [2.45, 2.75) is 62.9 Å². The summed E-state index contributed by atoms with van der Waals surface area (Å²) < 4.78 is 30.0. The van der Waals surface area contributed by atoms with Gasteiger partial charge in [0.2, 0.25) is 0 Å². The van der Waals surface area contributed by atoms with E-state index in [1.54, 1.807) is 5.38 Å². The summed E-state index contributed by atoms with van der Waals surface area (Å²) in [5.74, 6) is 0.821. The van der Waals surface area contributed by atoms with Gasteiger partial charge in [0.25, 0.3) is 10.0 Å². The van der Waals surface area contributed by atoms with Gasteiger partial charge in [-0.15, -0.1) is 11.3 Å². The van der Waals surface area contributed by atoms with Crippen LogP contribution in [0.15, 0.2) is 58.8 Å². The average molecular weight is 443 g/mol. The van der Waals surface area contributed by atoms with E-state index in [9.17, 15) is 8.42 Å². The summed E-state index contributed by atoms with van der Waals surface area (Å²) in [6.07, 6.45) is 7.98. The van der Waals surface area contributed by atoms with E-state index >= 15 is 0 Å². The molecule has 1 saturated carbocycles. The Morgan fingerprint density at radius 1 is 1.03 bits per heavy atom. The van der Waals surface area contributed by atoms with Gasteiger partial charge in [-0.1, -0.05) is 68.5 Å². The summed E-state index contributed by atoms with van der Waals surface area (Å²) in [6.45, 7) is 2.88. The third kappa shape index (κ3) is 5.05. The first-order chi connectivity index (χ1) is 14.5. The molecule has 4 nitrogen and oxygen atoms in total. The van der Waals surface area contributed by atoms with Gasteiger partial charge in [-0.2, -0.15) is 0 Å². The van der Waals surface area contributed by atoms with Crippen LogP contribution < -0.4 is 10.0 Å². The van der Waals surface area contributed by atoms with Crippen LogP contribution in [0.4, 0.5) is 5.69 Å². The highest BCUT2D eigenvalue weighted by Gasteiger charge is 2.21. The molecular formula is C24H30N2O2S2. The van der Waals surface area contributed by atoms with Gasteiger partial charge in [-0.05, 0) is 37.0 Å². The average Bonchev–Trinajstić information content (AvgIpc) is 3.19. The fraction of sp³-hybridized carbons (Fsp3) is 0.417. The number of fused-ring (bicyclic) bond motifs is 1. The summed E-state index contributed by atoms with van der Waals surface area (Å²) >= 11 is 1.45. The van der Waals surface area contributed by atoms with Crippen LogP contribution in [0.3, 0.4) is 0 Å². The topological polar surface area (TPSA) is 58.2 Å². The lowest BCUT2D eigenvalue weighted by atomic mass is 9.85. The molecule has 0 unspecified atom stereocenters. The molecule has 0 bridgehead atoms. The van der Waals surface area contributed by atoms with Crippen molar-refractivity contribution >= 4 is 37.1 Å². The zero-order valence-electron chi connectivity index (χ0n) is 17.4. The minimum atomic E-state index is -3.65. The van der Waals surface area contributed by atoms with Crippen LogP contribution in [0.5, 0.6) is 0 Å². The third-order valence-corrected chi connectivity index (χ3v) is 8.57. The Hall–Kier alpha value is -1.89. The number of benzene rings is 2. The molecule has 0 saturated heterocycles. The van der Waals surface area contributed by atoms with Crippen molar-refractivity contribution in [2.24, 2.45) is 5.92 Å². The highest BCUT2D eigenvalue weighted by atomic mass is 32.2. The smallest absolute Gasteiger partial charge is 0.263 e. The number of rotatable bonds is 8. The Morgan fingerprint density at radius 2 is 1.77 bits per heavy atom. The predicted octanol–water partition coefficient (Wildman–Crippen LogP) is 6.15. The van der Waals surface area contributed by atoms with Crippen molar-refractivity contribution in [1.29, 1.82) is 0 Å². The van der Waals surface area contributed by atoms with Gasteiger partial charge in [0.05, 0.1) is 5.69 Å². The largest absolute Gasteiger partial charge is 0.310 e. The second kappa shape index (κ2) is 9.50. The number of anilines is 1. The van der Waals surface area contributed by atoms with E-state index in [1.807, 2.05) is 48.5 Å². The summed E-state index contributed by atoms with van der Waals surface area (Å²) in [5.41, 5.74) is 1.61. The molecule has 0 radical (unpaired) electrons. The van der Waals surface area contributed by atoms with Gasteiger partial charge >= 0.3 is 0 Å². The number of sulfonamides is 1. The van der Waals surface area contributed by atoms with Crippen LogP contribution in [-0.4, -0.2) is 14.5 Å². The third-order valence-electron chi connectivity index (χ3n) is 6.05. The van der Waals surface area contributed by atoms with E-state index in [0.717, 1.165) is 21.6 Å². The summed E-state index contributed by atoms with van der Waals surface area (Å²) in [6, 6.07) is 15.7. The maximum absolute atomic E-state index is 13.1. The maximum atomic E-state index is 13.1. The van der Waals surface area contributed by atoms with Crippen molar-refractivity contribution in [3.8, 4) is 0 Å². The highest BCUT2D eigenvalue weighted by Crippen LogP contribution is 2.31. The van der Waals surface area contributed by atoms with E-state index in [4.69, 9.17) is 0 Å². The Labute approximate surface area is 183 Å². The fourth-order valence-electron chi connectivity index (χ4n) is 4.43. The van der Waals surface area contributed by atoms with Gasteiger partial charge < -0.3 is 5.32 Å². The van der Waals surface area contributed by atoms with Gasteiger partial charge in [0, 0.05) is 28.1 Å². The predicted molar refractivity (Wildman–Crippen MR) is 127 cm³/mol. The summed E-state index contributed by atoms with van der Waals surface area (Å²) in [5, 5.41) is 6.10. The molecule has 1 aromatic heterocycles. The van der Waals surface area contributed by atoms with E-state index < -0.39 is 10.0 Å². The standard InChI is InChI=1S/C24H30N2O2S2/c1-18(15-19-9-3-2-4-10-19)25-16-20-11-5-7-13-22(20)26-30(27,28)24-17-29-23-14-8-6-12-21(23)24/h5-8,11-14,17-19,25-26H,2-4,9-10,15-16H2,1H3/t18-/m0/s1. The van der Waals surface area contributed by atoms with Crippen LogP contribution >= 0.6 is 11.3 Å². The molecule has 1 fully saturated rings. The molecule has 2 N–H and O–H groups in total. The molecule has 1 aliphatic rings. The molecule has 160 valence electrons. The lowest BCUT2D eigenvalue weighted by Crippen LogP contribution is -2.29. The maximum Gasteiger partial charge on any atom is 0.263 e. The first-order valence-electron chi connectivity index (χ1n) is 10.8. The molecule has 2 aromatic carbocycles. The van der Waals surface area contributed by atoms with Crippen molar-refractivity contribution < 1.29 is 8.42 Å². The normalized spacial score (nSPS) is 16.6. The molecular weight excluding hydrogens is 412 g/mol. The highest BCUT2D eigenvalue weighted by molar-refractivity contribution is 7.93. The van der Waals surface area contributed by atoms with E-state index in [0.29, 0.717) is 23.2 Å². The Kier molecular flexibility index (Phi) is 6.76. The molecule has 6 heteroatoms. The van der Waals surface area contributed by atoms with Crippen molar-refractivity contribution in [2.75, 3.05) is 4.72 Å². The second-order valence-electron chi connectivity index (χ2n) is 8.38. The second-order valence-corrected chi connectivity index (χ2v) is 10.9. The van der Waals surface area contributed by atoms with Crippen molar-refractivity contribution in [3.63, 3.8) is 0 Å². The monoisotopic (exact) mass is 442 g/mol. The van der Waals surface area contributed by atoms with Gasteiger partial charge in [-0.3, -0.25) is 4.72 Å². The fourth-order valence-corrected chi connectivity index (χ4v) is 7.03. The number of nitrogens with one attached hydrogen (secondary N) is 2. The Balaban J connectivity index is 1.45. The minimum Gasteiger partial charge on any atom is -0.310 e. The quantitative estimate of drug-likeness (QED) is 0.440. The molecule has 0 spiro atoms. The molecule has 0 aliphatic heterocycles. The molecule has 4 rings (SSSR count). The molecule has 3 aromatic rings. The van der Waals surface area contributed by atoms with Crippen LogP contribution in [0, 0.1) is 5.92 Å². The molecule has 1 atom stereocenters. The summed E-state index contributed by atoms with van der Waals surface area (Å²) in [7, 11) is -3.65. The van der Waals surface area contributed by atoms with Crippen LogP contribution in [0.2, 0.25) is 0 Å². The van der Waals surface area contributed by atoms with Crippen LogP contribution in [0.25, 0.3) is 10.1 Å². The lowest BCUT2D eigenvalue weighted by molar-refractivity contribution is 0.305. The number of thiophene rings is 1. The first-order valence-corrected chi connectivity index (χ1v) is 13.2. The Bertz CT molecular complexity index is 1090. The molecule has 1 heterocycles. The van der Waals surface area contributed by atoms with Crippen molar-refractivity contribution in [1.82, 2.24) is 5.32 Å². The van der Waals surface area contributed by atoms with Crippen molar-refractivity contribution in [3.05, 3.63) is 59.5 Å².